The Kier molecular flexibility index (Phi) is 5.43. The maximum absolute atomic E-state index is 12.4. The molecule has 0 saturated heterocycles. The van der Waals surface area contributed by atoms with Crippen molar-refractivity contribution < 1.29 is 9.53 Å². The largest absolute Gasteiger partial charge is 0.481 e. The van der Waals surface area contributed by atoms with Crippen LogP contribution in [0.2, 0.25) is 0 Å². The molecule has 0 aromatic heterocycles. The molecule has 0 heterocycles. The molecule has 0 aliphatic rings. The second-order valence-electron chi connectivity index (χ2n) is 6.26. The van der Waals surface area contributed by atoms with Gasteiger partial charge in [-0.25, -0.2) is 0 Å². The van der Waals surface area contributed by atoms with Crippen molar-refractivity contribution in [1.29, 1.82) is 0 Å². The first kappa shape index (κ1) is 17.1. The van der Waals surface area contributed by atoms with Gasteiger partial charge in [-0.3, -0.25) is 4.79 Å². The van der Waals surface area contributed by atoms with Crippen molar-refractivity contribution in [2.75, 3.05) is 5.32 Å². The predicted octanol–water partition coefficient (Wildman–Crippen LogP) is 4.83. The van der Waals surface area contributed by atoms with Gasteiger partial charge in [-0.2, -0.15) is 0 Å². The van der Waals surface area contributed by atoms with E-state index in [4.69, 9.17) is 4.74 Å². The predicted molar refractivity (Wildman–Crippen MR) is 95.2 cm³/mol. The summed E-state index contributed by atoms with van der Waals surface area (Å²) >= 11 is 0. The highest BCUT2D eigenvalue weighted by Gasteiger charge is 2.18. The van der Waals surface area contributed by atoms with Crippen LogP contribution in [0.4, 0.5) is 5.69 Å². The summed E-state index contributed by atoms with van der Waals surface area (Å²) in [4.78, 5) is 12.4. The fourth-order valence-corrected chi connectivity index (χ4v) is 2.41. The van der Waals surface area contributed by atoms with E-state index in [9.17, 15) is 4.79 Å². The summed E-state index contributed by atoms with van der Waals surface area (Å²) in [5.41, 5.74) is 4.09. The Bertz CT molecular complexity index is 692. The van der Waals surface area contributed by atoms with Gasteiger partial charge >= 0.3 is 0 Å². The maximum Gasteiger partial charge on any atom is 0.265 e. The van der Waals surface area contributed by atoms with Gasteiger partial charge in [0.25, 0.3) is 5.91 Å². The van der Waals surface area contributed by atoms with Crippen LogP contribution in [-0.4, -0.2) is 12.0 Å². The first-order valence-corrected chi connectivity index (χ1v) is 8.02. The van der Waals surface area contributed by atoms with Gasteiger partial charge in [-0.05, 0) is 55.5 Å². The molecule has 0 aliphatic carbocycles. The van der Waals surface area contributed by atoms with Gasteiger partial charge in [-0.1, -0.05) is 44.2 Å². The average molecular weight is 311 g/mol. The minimum Gasteiger partial charge on any atom is -0.481 e. The van der Waals surface area contributed by atoms with Gasteiger partial charge in [0.1, 0.15) is 5.75 Å². The van der Waals surface area contributed by atoms with Gasteiger partial charge < -0.3 is 10.1 Å². The molecule has 23 heavy (non-hydrogen) atoms. The molecule has 0 fully saturated rings. The smallest absolute Gasteiger partial charge is 0.265 e. The Morgan fingerprint density at radius 1 is 1.04 bits per heavy atom. The number of aryl methyl sites for hydroxylation is 2. The Morgan fingerprint density at radius 3 is 2.39 bits per heavy atom. The van der Waals surface area contributed by atoms with Crippen LogP contribution in [0.1, 0.15) is 43.4 Å². The third kappa shape index (κ3) is 4.35. The molecule has 0 bridgehead atoms. The summed E-state index contributed by atoms with van der Waals surface area (Å²) in [7, 11) is 0. The molecule has 0 radical (unpaired) electrons. The number of ether oxygens (including phenoxy) is 1. The zero-order valence-electron chi connectivity index (χ0n) is 14.5. The van der Waals surface area contributed by atoms with E-state index in [-0.39, 0.29) is 5.91 Å². The van der Waals surface area contributed by atoms with Crippen molar-refractivity contribution in [2.45, 2.75) is 46.6 Å². The zero-order chi connectivity index (χ0) is 17.0. The molecule has 1 amide bonds. The van der Waals surface area contributed by atoms with E-state index < -0.39 is 6.10 Å². The normalized spacial score (nSPS) is 12.1. The number of carbonyl (C=O) groups is 1. The standard InChI is InChI=1S/C20H25NO2/c1-13(2)17-11-10-14(3)12-19(17)23-16(5)20(22)21-18-9-7-6-8-15(18)4/h6-13,16H,1-5H3,(H,21,22)/t16-/m0/s1. The molecule has 2 rings (SSSR count). The third-order valence-electron chi connectivity index (χ3n) is 3.87. The van der Waals surface area contributed by atoms with Crippen LogP contribution < -0.4 is 10.1 Å². The molecule has 0 unspecified atom stereocenters. The molecule has 2 aromatic carbocycles. The molecule has 0 aliphatic heterocycles. The van der Waals surface area contributed by atoms with Crippen LogP contribution >= 0.6 is 0 Å². The molecule has 1 N–H and O–H groups in total. The topological polar surface area (TPSA) is 38.3 Å². The van der Waals surface area contributed by atoms with E-state index in [1.165, 1.54) is 0 Å². The van der Waals surface area contributed by atoms with E-state index in [0.717, 1.165) is 28.1 Å². The number of hydrogen-bond acceptors (Lipinski definition) is 2. The first-order valence-electron chi connectivity index (χ1n) is 8.02. The van der Waals surface area contributed by atoms with Crippen molar-refractivity contribution in [3.05, 3.63) is 59.2 Å². The van der Waals surface area contributed by atoms with Crippen molar-refractivity contribution in [3.63, 3.8) is 0 Å². The zero-order valence-corrected chi connectivity index (χ0v) is 14.5. The molecule has 0 saturated carbocycles. The lowest BCUT2D eigenvalue weighted by atomic mass is 10.0. The highest BCUT2D eigenvalue weighted by atomic mass is 16.5. The first-order chi connectivity index (χ1) is 10.9. The Morgan fingerprint density at radius 2 is 1.74 bits per heavy atom. The quantitative estimate of drug-likeness (QED) is 0.858. The Labute approximate surface area is 138 Å². The third-order valence-corrected chi connectivity index (χ3v) is 3.87. The summed E-state index contributed by atoms with van der Waals surface area (Å²) in [5, 5.41) is 2.93. The van der Waals surface area contributed by atoms with Crippen LogP contribution in [0.5, 0.6) is 5.75 Å². The van der Waals surface area contributed by atoms with Crippen molar-refractivity contribution in [1.82, 2.24) is 0 Å². The highest BCUT2D eigenvalue weighted by Crippen LogP contribution is 2.28. The minimum absolute atomic E-state index is 0.143. The number of carbonyl (C=O) groups excluding carboxylic acids is 1. The number of nitrogens with one attached hydrogen (secondary N) is 1. The SMILES string of the molecule is Cc1ccc(C(C)C)c(O[C@@H](C)C(=O)Nc2ccccc2C)c1. The number of anilines is 1. The molecule has 3 heteroatoms. The van der Waals surface area contributed by atoms with Crippen molar-refractivity contribution >= 4 is 11.6 Å². The number of benzene rings is 2. The van der Waals surface area contributed by atoms with Gasteiger partial charge in [0, 0.05) is 5.69 Å². The summed E-state index contributed by atoms with van der Waals surface area (Å²) in [6.45, 7) is 10.0. The lowest BCUT2D eigenvalue weighted by Crippen LogP contribution is -2.30. The molecule has 1 atom stereocenters. The van der Waals surface area contributed by atoms with E-state index in [2.05, 4.69) is 31.3 Å². The van der Waals surface area contributed by atoms with Crippen LogP contribution in [0.3, 0.4) is 0 Å². The second-order valence-corrected chi connectivity index (χ2v) is 6.26. The average Bonchev–Trinajstić information content (AvgIpc) is 2.49. The lowest BCUT2D eigenvalue weighted by molar-refractivity contribution is -0.122. The monoisotopic (exact) mass is 311 g/mol. The molecule has 3 nitrogen and oxygen atoms in total. The van der Waals surface area contributed by atoms with Crippen molar-refractivity contribution in [3.8, 4) is 5.75 Å². The highest BCUT2D eigenvalue weighted by molar-refractivity contribution is 5.94. The lowest BCUT2D eigenvalue weighted by Gasteiger charge is -2.19. The second kappa shape index (κ2) is 7.32. The van der Waals surface area contributed by atoms with Crippen LogP contribution in [-0.2, 0) is 4.79 Å². The van der Waals surface area contributed by atoms with Crippen LogP contribution in [0.15, 0.2) is 42.5 Å². The Hall–Kier alpha value is -2.29. The molecule has 0 spiro atoms. The van der Waals surface area contributed by atoms with E-state index in [1.807, 2.05) is 44.2 Å². The van der Waals surface area contributed by atoms with E-state index in [0.29, 0.717) is 5.92 Å². The number of amides is 1. The van der Waals surface area contributed by atoms with Crippen LogP contribution in [0, 0.1) is 13.8 Å². The molecular formula is C20H25NO2. The van der Waals surface area contributed by atoms with Gasteiger partial charge in [0.15, 0.2) is 6.10 Å². The molecular weight excluding hydrogens is 286 g/mol. The number of para-hydroxylation sites is 1. The summed E-state index contributed by atoms with van der Waals surface area (Å²) < 4.78 is 5.95. The fraction of sp³-hybridized carbons (Fsp3) is 0.350. The molecule has 122 valence electrons. The van der Waals surface area contributed by atoms with Crippen LogP contribution in [0.25, 0.3) is 0 Å². The molecule has 2 aromatic rings. The van der Waals surface area contributed by atoms with E-state index >= 15 is 0 Å². The summed E-state index contributed by atoms with van der Waals surface area (Å²) in [6.07, 6.45) is -0.561. The summed E-state index contributed by atoms with van der Waals surface area (Å²) in [6, 6.07) is 13.9. The van der Waals surface area contributed by atoms with Gasteiger partial charge in [0.05, 0.1) is 0 Å². The maximum atomic E-state index is 12.4. The Balaban J connectivity index is 2.13. The van der Waals surface area contributed by atoms with E-state index in [1.54, 1.807) is 6.92 Å². The number of hydrogen-bond donors (Lipinski definition) is 1. The van der Waals surface area contributed by atoms with Crippen molar-refractivity contribution in [2.24, 2.45) is 0 Å². The fourth-order valence-electron chi connectivity index (χ4n) is 2.41. The number of rotatable bonds is 5. The van der Waals surface area contributed by atoms with Gasteiger partial charge in [-0.15, -0.1) is 0 Å². The van der Waals surface area contributed by atoms with Gasteiger partial charge in [0.2, 0.25) is 0 Å². The summed E-state index contributed by atoms with van der Waals surface area (Å²) in [5.74, 6) is 0.986. The minimum atomic E-state index is -0.561.